The smallest absolute Gasteiger partial charge is 0.297 e. The number of nitrogens with two attached hydrogens (primary N) is 1. The average Bonchev–Trinajstić information content (AvgIpc) is 2.52. The Hall–Kier alpha value is -2.17. The van der Waals surface area contributed by atoms with Gasteiger partial charge in [0.05, 0.1) is 19.2 Å². The van der Waals surface area contributed by atoms with Gasteiger partial charge >= 0.3 is 0 Å². The van der Waals surface area contributed by atoms with Gasteiger partial charge in [0.2, 0.25) is 5.75 Å². The first-order valence-corrected chi connectivity index (χ1v) is 7.69. The second kappa shape index (κ2) is 7.20. The van der Waals surface area contributed by atoms with Crippen LogP contribution in [0.4, 0.5) is 5.69 Å². The second-order valence-electron chi connectivity index (χ2n) is 5.41. The number of anilines is 1. The third-order valence-corrected chi connectivity index (χ3v) is 3.78. The summed E-state index contributed by atoms with van der Waals surface area (Å²) >= 11 is 0. The molecule has 0 aliphatic rings. The molecule has 0 fully saturated rings. The predicted octanol–water partition coefficient (Wildman–Crippen LogP) is 3.09. The molecule has 1 heterocycles. The molecule has 0 bridgehead atoms. The Morgan fingerprint density at radius 3 is 2.64 bits per heavy atom. The summed E-state index contributed by atoms with van der Waals surface area (Å²) in [6.45, 7) is 2.68. The van der Waals surface area contributed by atoms with E-state index in [0.717, 1.165) is 23.7 Å². The number of nitrogen functional groups attached to an aromatic ring is 1. The van der Waals surface area contributed by atoms with E-state index >= 15 is 0 Å². The van der Waals surface area contributed by atoms with Gasteiger partial charge in [-0.15, -0.1) is 0 Å². The van der Waals surface area contributed by atoms with Crippen LogP contribution in [0.25, 0.3) is 10.9 Å². The summed E-state index contributed by atoms with van der Waals surface area (Å²) < 4.78 is 12.7. The summed E-state index contributed by atoms with van der Waals surface area (Å²) in [7, 11) is 3.27. The zero-order chi connectivity index (χ0) is 16.1. The van der Waals surface area contributed by atoms with Crippen LogP contribution in [-0.2, 0) is 7.05 Å². The van der Waals surface area contributed by atoms with Crippen molar-refractivity contribution in [1.82, 2.24) is 4.57 Å². The molecule has 0 spiro atoms. The number of hydrogen-bond acceptors (Lipinski definition) is 4. The fourth-order valence-electron chi connectivity index (χ4n) is 2.53. The van der Waals surface area contributed by atoms with E-state index in [2.05, 4.69) is 6.92 Å². The highest BCUT2D eigenvalue weighted by atomic mass is 16.5. The normalized spacial score (nSPS) is 10.9. The molecule has 2 rings (SSSR count). The minimum absolute atomic E-state index is 0.203. The van der Waals surface area contributed by atoms with Gasteiger partial charge in [0.1, 0.15) is 0 Å². The maximum Gasteiger partial charge on any atom is 0.297 e. The molecule has 0 saturated carbocycles. The van der Waals surface area contributed by atoms with E-state index in [4.69, 9.17) is 15.2 Å². The molecule has 1 aromatic heterocycles. The number of rotatable bonds is 7. The second-order valence-corrected chi connectivity index (χ2v) is 5.41. The molecule has 0 amide bonds. The van der Waals surface area contributed by atoms with Crippen LogP contribution in [-0.4, -0.2) is 18.3 Å². The lowest BCUT2D eigenvalue weighted by Crippen LogP contribution is -2.21. The minimum Gasteiger partial charge on any atom is -0.492 e. The van der Waals surface area contributed by atoms with Crippen molar-refractivity contribution >= 4 is 16.6 Å². The molecule has 0 atom stereocenters. The molecule has 1 aromatic carbocycles. The fraction of sp³-hybridized carbons (Fsp3) is 0.471. The minimum atomic E-state index is -0.203. The number of fused-ring (bicyclic) bond motifs is 1. The molecule has 22 heavy (non-hydrogen) atoms. The van der Waals surface area contributed by atoms with E-state index in [1.807, 2.05) is 6.07 Å². The van der Waals surface area contributed by atoms with E-state index in [1.54, 1.807) is 30.9 Å². The fourth-order valence-corrected chi connectivity index (χ4v) is 2.53. The van der Waals surface area contributed by atoms with Gasteiger partial charge in [-0.3, -0.25) is 4.79 Å². The van der Waals surface area contributed by atoms with E-state index in [-0.39, 0.29) is 11.3 Å². The van der Waals surface area contributed by atoms with E-state index < -0.39 is 0 Å². The van der Waals surface area contributed by atoms with E-state index in [0.29, 0.717) is 18.0 Å². The maximum atomic E-state index is 12.5. The van der Waals surface area contributed by atoms with Crippen molar-refractivity contribution < 1.29 is 9.47 Å². The van der Waals surface area contributed by atoms with E-state index in [1.165, 1.54) is 12.8 Å². The van der Waals surface area contributed by atoms with Gasteiger partial charge in [-0.05, 0) is 24.6 Å². The topological polar surface area (TPSA) is 66.5 Å². The van der Waals surface area contributed by atoms with Crippen LogP contribution in [0.2, 0.25) is 0 Å². The number of aryl methyl sites for hydroxylation is 1. The number of benzene rings is 1. The Balaban J connectivity index is 2.39. The molecule has 0 saturated heterocycles. The standard InChI is InChI=1S/C17H24N2O3/c1-4-5-6-7-10-22-16-15(21-3)13-9-8-12(18)11-14(13)19(2)17(16)20/h8-9,11H,4-7,10,18H2,1-3H3. The number of pyridine rings is 1. The molecule has 2 N–H and O–H groups in total. The number of unbranched alkanes of at least 4 members (excludes halogenated alkanes) is 3. The van der Waals surface area contributed by atoms with Crippen LogP contribution in [0.15, 0.2) is 23.0 Å². The number of aromatic nitrogens is 1. The first-order valence-electron chi connectivity index (χ1n) is 7.69. The van der Waals surface area contributed by atoms with Crippen LogP contribution in [0.5, 0.6) is 11.5 Å². The summed E-state index contributed by atoms with van der Waals surface area (Å²) in [6, 6.07) is 5.41. The van der Waals surface area contributed by atoms with Gasteiger partial charge in [0.25, 0.3) is 5.56 Å². The molecular weight excluding hydrogens is 280 g/mol. The van der Waals surface area contributed by atoms with Gasteiger partial charge in [-0.2, -0.15) is 0 Å². The number of methoxy groups -OCH3 is 1. The van der Waals surface area contributed by atoms with Crippen molar-refractivity contribution in [1.29, 1.82) is 0 Å². The lowest BCUT2D eigenvalue weighted by atomic mass is 10.1. The summed E-state index contributed by atoms with van der Waals surface area (Å²) in [6.07, 6.45) is 4.38. The quantitative estimate of drug-likeness (QED) is 0.630. The van der Waals surface area contributed by atoms with Crippen LogP contribution in [0.3, 0.4) is 0 Å². The Kier molecular flexibility index (Phi) is 5.31. The molecule has 5 heteroatoms. The summed E-state index contributed by atoms with van der Waals surface area (Å²) in [5, 5.41) is 0.822. The summed E-state index contributed by atoms with van der Waals surface area (Å²) in [4.78, 5) is 12.5. The SMILES string of the molecule is CCCCCCOc1c(OC)c2ccc(N)cc2n(C)c1=O. The monoisotopic (exact) mass is 304 g/mol. The molecule has 0 aliphatic heterocycles. The Morgan fingerprint density at radius 2 is 1.95 bits per heavy atom. The molecule has 0 radical (unpaired) electrons. The number of nitrogens with zero attached hydrogens (tertiary/aromatic N) is 1. The van der Waals surface area contributed by atoms with Crippen molar-refractivity contribution in [3.05, 3.63) is 28.6 Å². The largest absolute Gasteiger partial charge is 0.492 e. The van der Waals surface area contributed by atoms with Gasteiger partial charge < -0.3 is 19.8 Å². The highest BCUT2D eigenvalue weighted by molar-refractivity contribution is 5.89. The number of ether oxygens (including phenoxy) is 2. The lowest BCUT2D eigenvalue weighted by molar-refractivity contribution is 0.281. The molecule has 0 aliphatic carbocycles. The van der Waals surface area contributed by atoms with Crippen molar-refractivity contribution in [3.8, 4) is 11.5 Å². The first kappa shape index (κ1) is 16.2. The molecule has 120 valence electrons. The Bertz CT molecular complexity index is 707. The van der Waals surface area contributed by atoms with Gasteiger partial charge in [-0.1, -0.05) is 26.2 Å². The van der Waals surface area contributed by atoms with Crippen LogP contribution < -0.4 is 20.8 Å². The molecular formula is C17H24N2O3. The molecule has 2 aromatic rings. The highest BCUT2D eigenvalue weighted by Crippen LogP contribution is 2.33. The first-order chi connectivity index (χ1) is 10.6. The van der Waals surface area contributed by atoms with Crippen molar-refractivity contribution in [3.63, 3.8) is 0 Å². The maximum absolute atomic E-state index is 12.5. The Labute approximate surface area is 130 Å². The zero-order valence-electron chi connectivity index (χ0n) is 13.5. The van der Waals surface area contributed by atoms with Crippen LogP contribution in [0.1, 0.15) is 32.6 Å². The van der Waals surface area contributed by atoms with Crippen molar-refractivity contribution in [2.24, 2.45) is 7.05 Å². The summed E-state index contributed by atoms with van der Waals surface area (Å²) in [5.41, 5.74) is 6.95. The Morgan fingerprint density at radius 1 is 1.18 bits per heavy atom. The van der Waals surface area contributed by atoms with Crippen LogP contribution >= 0.6 is 0 Å². The summed E-state index contributed by atoms with van der Waals surface area (Å²) in [5.74, 6) is 0.757. The third kappa shape index (κ3) is 3.18. The van der Waals surface area contributed by atoms with Gasteiger partial charge in [0, 0.05) is 18.1 Å². The zero-order valence-corrected chi connectivity index (χ0v) is 13.5. The van der Waals surface area contributed by atoms with Crippen LogP contribution in [0, 0.1) is 0 Å². The average molecular weight is 304 g/mol. The molecule has 0 unspecified atom stereocenters. The van der Waals surface area contributed by atoms with Crippen molar-refractivity contribution in [2.45, 2.75) is 32.6 Å². The molecule has 5 nitrogen and oxygen atoms in total. The highest BCUT2D eigenvalue weighted by Gasteiger charge is 2.17. The van der Waals surface area contributed by atoms with Gasteiger partial charge in [-0.25, -0.2) is 0 Å². The van der Waals surface area contributed by atoms with E-state index in [9.17, 15) is 4.79 Å². The lowest BCUT2D eigenvalue weighted by Gasteiger charge is -2.15. The van der Waals surface area contributed by atoms with Crippen molar-refractivity contribution in [2.75, 3.05) is 19.5 Å². The third-order valence-electron chi connectivity index (χ3n) is 3.78. The predicted molar refractivity (Wildman–Crippen MR) is 89.8 cm³/mol. The number of hydrogen-bond donors (Lipinski definition) is 1. The van der Waals surface area contributed by atoms with Gasteiger partial charge in [0.15, 0.2) is 5.75 Å².